The van der Waals surface area contributed by atoms with Gasteiger partial charge in [0.15, 0.2) is 0 Å². The van der Waals surface area contributed by atoms with E-state index in [2.05, 4.69) is 4.98 Å². The topological polar surface area (TPSA) is 56.6 Å². The van der Waals surface area contributed by atoms with Crippen LogP contribution in [0.1, 0.15) is 0 Å². The van der Waals surface area contributed by atoms with Crippen molar-refractivity contribution in [3.05, 3.63) is 18.7 Å². The Morgan fingerprint density at radius 3 is 2.38 bits per heavy atom. The lowest BCUT2D eigenvalue weighted by Crippen LogP contribution is -2.33. The van der Waals surface area contributed by atoms with Crippen LogP contribution in [0.4, 0.5) is 4.79 Å². The smallest absolute Gasteiger partial charge is 0.329 e. The van der Waals surface area contributed by atoms with E-state index in [0.29, 0.717) is 13.1 Å². The second-order valence-electron chi connectivity index (χ2n) is 3.71. The van der Waals surface area contributed by atoms with Crippen molar-refractivity contribution in [2.45, 2.75) is 12.2 Å². The molecule has 1 saturated heterocycles. The van der Waals surface area contributed by atoms with E-state index in [0.717, 1.165) is 0 Å². The second kappa shape index (κ2) is 4.63. The number of methoxy groups -OCH3 is 2. The molecule has 0 aromatic carbocycles. The summed E-state index contributed by atoms with van der Waals surface area (Å²) in [6.45, 7) is 1.10. The number of aromatic nitrogens is 2. The maximum atomic E-state index is 12.0. The van der Waals surface area contributed by atoms with Crippen molar-refractivity contribution < 1.29 is 14.3 Å². The fourth-order valence-corrected chi connectivity index (χ4v) is 1.89. The van der Waals surface area contributed by atoms with Crippen molar-refractivity contribution in [2.75, 3.05) is 27.3 Å². The number of nitrogens with zero attached hydrogens (tertiary/aromatic N) is 3. The second-order valence-corrected chi connectivity index (χ2v) is 3.71. The van der Waals surface area contributed by atoms with E-state index < -0.39 is 0 Å². The molecule has 0 N–H and O–H groups in total. The molecule has 2 atom stereocenters. The van der Waals surface area contributed by atoms with Crippen LogP contribution in [-0.4, -0.2) is 60.0 Å². The summed E-state index contributed by atoms with van der Waals surface area (Å²) in [6.07, 6.45) is 4.58. The number of imidazole rings is 1. The van der Waals surface area contributed by atoms with Crippen molar-refractivity contribution in [1.82, 2.24) is 14.5 Å². The molecule has 0 saturated carbocycles. The van der Waals surface area contributed by atoms with Gasteiger partial charge in [0.05, 0.1) is 13.1 Å². The van der Waals surface area contributed by atoms with Crippen LogP contribution >= 0.6 is 0 Å². The summed E-state index contributed by atoms with van der Waals surface area (Å²) in [4.78, 5) is 17.5. The number of hydrogen-bond acceptors (Lipinski definition) is 4. The van der Waals surface area contributed by atoms with Gasteiger partial charge in [0.2, 0.25) is 0 Å². The zero-order valence-corrected chi connectivity index (χ0v) is 9.37. The minimum atomic E-state index is -0.0981. The largest absolute Gasteiger partial charge is 0.377 e. The fourth-order valence-electron chi connectivity index (χ4n) is 1.89. The molecular weight excluding hydrogens is 210 g/mol. The minimum Gasteiger partial charge on any atom is -0.377 e. The van der Waals surface area contributed by atoms with Crippen LogP contribution in [0.15, 0.2) is 18.7 Å². The maximum absolute atomic E-state index is 12.0. The molecule has 16 heavy (non-hydrogen) atoms. The molecule has 2 heterocycles. The molecule has 1 aliphatic heterocycles. The zero-order chi connectivity index (χ0) is 11.5. The summed E-state index contributed by atoms with van der Waals surface area (Å²) in [5, 5.41) is 0. The van der Waals surface area contributed by atoms with Crippen LogP contribution in [0.5, 0.6) is 0 Å². The van der Waals surface area contributed by atoms with Gasteiger partial charge in [-0.15, -0.1) is 0 Å². The molecule has 1 amide bonds. The minimum absolute atomic E-state index is 0.0579. The van der Waals surface area contributed by atoms with Crippen molar-refractivity contribution in [3.8, 4) is 0 Å². The van der Waals surface area contributed by atoms with E-state index in [1.807, 2.05) is 0 Å². The van der Waals surface area contributed by atoms with Crippen molar-refractivity contribution in [1.29, 1.82) is 0 Å². The molecule has 0 aliphatic carbocycles. The molecular formula is C10H15N3O3. The van der Waals surface area contributed by atoms with Crippen LogP contribution in [-0.2, 0) is 9.47 Å². The third kappa shape index (κ3) is 1.94. The highest BCUT2D eigenvalue weighted by Crippen LogP contribution is 2.16. The lowest BCUT2D eigenvalue weighted by molar-refractivity contribution is -0.00461. The molecule has 1 aromatic rings. The highest BCUT2D eigenvalue weighted by atomic mass is 16.5. The number of likely N-dealkylation sites (tertiary alicyclic amines) is 1. The first-order valence-corrected chi connectivity index (χ1v) is 5.09. The van der Waals surface area contributed by atoms with E-state index in [9.17, 15) is 4.79 Å². The Balaban J connectivity index is 2.05. The summed E-state index contributed by atoms with van der Waals surface area (Å²) >= 11 is 0. The van der Waals surface area contributed by atoms with Gasteiger partial charge in [-0.2, -0.15) is 0 Å². The van der Waals surface area contributed by atoms with Gasteiger partial charge in [-0.1, -0.05) is 0 Å². The van der Waals surface area contributed by atoms with Crippen molar-refractivity contribution in [2.24, 2.45) is 0 Å². The standard InChI is InChI=1S/C10H15N3O3/c1-15-8-5-13(6-9(8)16-2)10(14)12-4-3-11-7-12/h3-4,7-9H,5-6H2,1-2H3. The summed E-state index contributed by atoms with van der Waals surface area (Å²) < 4.78 is 12.0. The molecule has 88 valence electrons. The fraction of sp³-hybridized carbons (Fsp3) is 0.600. The first kappa shape index (κ1) is 11.1. The average molecular weight is 225 g/mol. The lowest BCUT2D eigenvalue weighted by atomic mass is 10.3. The van der Waals surface area contributed by atoms with Gasteiger partial charge >= 0.3 is 6.03 Å². The summed E-state index contributed by atoms with van der Waals surface area (Å²) in [7, 11) is 3.25. The summed E-state index contributed by atoms with van der Waals surface area (Å²) in [6, 6.07) is -0.0981. The average Bonchev–Trinajstić information content (AvgIpc) is 2.96. The Labute approximate surface area is 93.8 Å². The molecule has 6 heteroatoms. The van der Waals surface area contributed by atoms with Crippen LogP contribution in [0.3, 0.4) is 0 Å². The van der Waals surface area contributed by atoms with Gasteiger partial charge in [0.1, 0.15) is 18.5 Å². The van der Waals surface area contributed by atoms with E-state index in [-0.39, 0.29) is 18.2 Å². The van der Waals surface area contributed by atoms with E-state index in [1.165, 1.54) is 10.9 Å². The summed E-state index contributed by atoms with van der Waals surface area (Å²) in [5.74, 6) is 0. The highest BCUT2D eigenvalue weighted by molar-refractivity contribution is 5.77. The van der Waals surface area contributed by atoms with Crippen molar-refractivity contribution >= 4 is 6.03 Å². The van der Waals surface area contributed by atoms with E-state index in [4.69, 9.17) is 9.47 Å². The van der Waals surface area contributed by atoms with Gasteiger partial charge < -0.3 is 14.4 Å². The molecule has 0 bridgehead atoms. The molecule has 1 aromatic heterocycles. The molecule has 0 radical (unpaired) electrons. The molecule has 1 fully saturated rings. The normalized spacial score (nSPS) is 25.0. The Morgan fingerprint density at radius 1 is 1.31 bits per heavy atom. The molecule has 6 nitrogen and oxygen atoms in total. The van der Waals surface area contributed by atoms with Gasteiger partial charge in [0.25, 0.3) is 0 Å². The predicted molar refractivity (Wildman–Crippen MR) is 56.2 cm³/mol. The van der Waals surface area contributed by atoms with Crippen LogP contribution in [0, 0.1) is 0 Å². The first-order chi connectivity index (χ1) is 7.76. The quantitative estimate of drug-likeness (QED) is 0.721. The van der Waals surface area contributed by atoms with E-state index >= 15 is 0 Å². The summed E-state index contributed by atoms with van der Waals surface area (Å²) in [5.41, 5.74) is 0. The van der Waals surface area contributed by atoms with Gasteiger partial charge in [-0.25, -0.2) is 9.78 Å². The Bertz CT molecular complexity index is 340. The van der Waals surface area contributed by atoms with Crippen LogP contribution in [0.25, 0.3) is 0 Å². The SMILES string of the molecule is COC1CN(C(=O)n2ccnc2)CC1OC. The van der Waals surface area contributed by atoms with Crippen LogP contribution < -0.4 is 0 Å². The Morgan fingerprint density at radius 2 is 1.94 bits per heavy atom. The molecule has 2 rings (SSSR count). The predicted octanol–water partition coefficient (Wildman–Crippen LogP) is 0.197. The molecule has 2 unspecified atom stereocenters. The van der Waals surface area contributed by atoms with Gasteiger partial charge in [-0.05, 0) is 0 Å². The number of ether oxygens (including phenoxy) is 2. The maximum Gasteiger partial charge on any atom is 0.329 e. The number of hydrogen-bond donors (Lipinski definition) is 0. The van der Waals surface area contributed by atoms with Crippen LogP contribution in [0.2, 0.25) is 0 Å². The highest BCUT2D eigenvalue weighted by Gasteiger charge is 2.35. The van der Waals surface area contributed by atoms with E-state index in [1.54, 1.807) is 31.5 Å². The Kier molecular flexibility index (Phi) is 3.21. The number of carbonyl (C=O) groups is 1. The van der Waals surface area contributed by atoms with Gasteiger partial charge in [0, 0.05) is 26.6 Å². The number of carbonyl (C=O) groups excluding carboxylic acids is 1. The monoisotopic (exact) mass is 225 g/mol. The number of rotatable bonds is 2. The third-order valence-corrected chi connectivity index (χ3v) is 2.82. The van der Waals surface area contributed by atoms with Crippen molar-refractivity contribution in [3.63, 3.8) is 0 Å². The zero-order valence-electron chi connectivity index (χ0n) is 9.37. The molecule has 1 aliphatic rings. The van der Waals surface area contributed by atoms with Gasteiger partial charge in [-0.3, -0.25) is 4.57 Å². The third-order valence-electron chi connectivity index (χ3n) is 2.82. The lowest BCUT2D eigenvalue weighted by Gasteiger charge is -2.15. The Hall–Kier alpha value is -1.40. The first-order valence-electron chi connectivity index (χ1n) is 5.09. The molecule has 0 spiro atoms. The number of amides is 1.